The fourth-order valence-electron chi connectivity index (χ4n) is 2.78. The minimum atomic E-state index is -0.420. The highest BCUT2D eigenvalue weighted by Crippen LogP contribution is 2.38. The van der Waals surface area contributed by atoms with Crippen molar-refractivity contribution in [3.8, 4) is 0 Å². The summed E-state index contributed by atoms with van der Waals surface area (Å²) in [6.07, 6.45) is 2.66. The molecule has 1 N–H and O–H groups in total. The molecule has 2 aliphatic rings. The summed E-state index contributed by atoms with van der Waals surface area (Å²) in [5, 5.41) is 2.90. The second-order valence-electron chi connectivity index (χ2n) is 5.41. The average molecular weight is 337 g/mol. The van der Waals surface area contributed by atoms with E-state index in [1.807, 2.05) is 31.2 Å². The van der Waals surface area contributed by atoms with Gasteiger partial charge in [-0.2, -0.15) is 0 Å². The van der Waals surface area contributed by atoms with Gasteiger partial charge >= 0.3 is 0 Å². The highest BCUT2D eigenvalue weighted by molar-refractivity contribution is 9.10. The number of benzene rings is 1. The fourth-order valence-corrected chi connectivity index (χ4v) is 3.26. The van der Waals surface area contributed by atoms with Gasteiger partial charge in [0, 0.05) is 4.47 Å². The molecule has 0 spiro atoms. The van der Waals surface area contributed by atoms with Crippen LogP contribution in [0.15, 0.2) is 28.7 Å². The average Bonchev–Trinajstić information content (AvgIpc) is 3.26. The van der Waals surface area contributed by atoms with E-state index < -0.39 is 6.04 Å². The Morgan fingerprint density at radius 1 is 1.30 bits per heavy atom. The van der Waals surface area contributed by atoms with Gasteiger partial charge in [0.1, 0.15) is 12.1 Å². The number of para-hydroxylation sites is 1. The van der Waals surface area contributed by atoms with Crippen LogP contribution < -0.4 is 10.2 Å². The third-order valence-corrected chi connectivity index (χ3v) is 4.68. The van der Waals surface area contributed by atoms with Crippen LogP contribution in [0.2, 0.25) is 0 Å². The summed E-state index contributed by atoms with van der Waals surface area (Å²) in [6.45, 7) is 1.93. The van der Waals surface area contributed by atoms with Crippen LogP contribution in [0, 0.1) is 5.92 Å². The first-order chi connectivity index (χ1) is 9.63. The van der Waals surface area contributed by atoms with Crippen LogP contribution in [0.5, 0.6) is 0 Å². The maximum atomic E-state index is 12.8. The lowest BCUT2D eigenvalue weighted by Gasteiger charge is -2.39. The number of nitrogens with one attached hydrogen (secondary N) is 1. The molecule has 2 fully saturated rings. The number of carbonyl (C=O) groups excluding carboxylic acids is 2. The number of carbonyl (C=O) groups is 2. The minimum Gasteiger partial charge on any atom is -0.342 e. The molecule has 2 atom stereocenters. The van der Waals surface area contributed by atoms with Crippen LogP contribution in [-0.4, -0.2) is 23.9 Å². The van der Waals surface area contributed by atoms with Crippen LogP contribution in [0.25, 0.3) is 0 Å². The maximum absolute atomic E-state index is 12.8. The number of nitrogens with zero attached hydrogens (tertiary/aromatic N) is 1. The van der Waals surface area contributed by atoms with Crippen molar-refractivity contribution >= 4 is 33.4 Å². The molecule has 106 valence electrons. The number of hydrogen-bond acceptors (Lipinski definition) is 2. The van der Waals surface area contributed by atoms with Gasteiger partial charge < -0.3 is 5.32 Å². The predicted molar refractivity (Wildman–Crippen MR) is 80.4 cm³/mol. The summed E-state index contributed by atoms with van der Waals surface area (Å²) in [7, 11) is 0. The number of rotatable bonds is 3. The van der Waals surface area contributed by atoms with E-state index in [0.717, 1.165) is 23.0 Å². The van der Waals surface area contributed by atoms with Crippen molar-refractivity contribution in [2.75, 3.05) is 4.90 Å². The Morgan fingerprint density at radius 3 is 2.60 bits per heavy atom. The molecular weight excluding hydrogens is 320 g/mol. The molecule has 1 aliphatic carbocycles. The van der Waals surface area contributed by atoms with Gasteiger partial charge in [0.2, 0.25) is 5.91 Å². The van der Waals surface area contributed by atoms with Crippen molar-refractivity contribution in [1.29, 1.82) is 0 Å². The molecule has 20 heavy (non-hydrogen) atoms. The summed E-state index contributed by atoms with van der Waals surface area (Å²) in [4.78, 5) is 26.7. The van der Waals surface area contributed by atoms with Gasteiger partial charge in [0.05, 0.1) is 5.69 Å². The number of amides is 2. The lowest BCUT2D eigenvalue weighted by atomic mass is 10.0. The number of piperazine rings is 1. The van der Waals surface area contributed by atoms with Crippen LogP contribution in [-0.2, 0) is 9.59 Å². The van der Waals surface area contributed by atoms with Crippen LogP contribution in [0.4, 0.5) is 5.69 Å². The Labute approximate surface area is 126 Å². The first-order valence-corrected chi connectivity index (χ1v) is 7.80. The van der Waals surface area contributed by atoms with E-state index in [9.17, 15) is 9.59 Å². The Hall–Kier alpha value is -1.36. The van der Waals surface area contributed by atoms with Crippen molar-refractivity contribution in [2.24, 2.45) is 5.92 Å². The second kappa shape index (κ2) is 5.20. The zero-order valence-corrected chi connectivity index (χ0v) is 12.9. The van der Waals surface area contributed by atoms with Gasteiger partial charge in [-0.15, -0.1) is 0 Å². The molecule has 2 unspecified atom stereocenters. The lowest BCUT2D eigenvalue weighted by Crippen LogP contribution is -2.64. The van der Waals surface area contributed by atoms with E-state index in [-0.39, 0.29) is 17.9 Å². The van der Waals surface area contributed by atoms with Gasteiger partial charge in [0.25, 0.3) is 5.91 Å². The topological polar surface area (TPSA) is 49.4 Å². The first-order valence-electron chi connectivity index (χ1n) is 7.01. The SMILES string of the molecule is CCC1C(=O)NC(C2CC2)C(=O)N1c1ccccc1Br. The van der Waals surface area contributed by atoms with Crippen molar-refractivity contribution in [3.05, 3.63) is 28.7 Å². The number of halogens is 1. The number of anilines is 1. The monoisotopic (exact) mass is 336 g/mol. The summed E-state index contributed by atoms with van der Waals surface area (Å²) >= 11 is 3.48. The standard InChI is InChI=1S/C15H17BrN2O2/c1-2-11-14(19)17-13(9-7-8-9)15(20)18(11)12-6-4-3-5-10(12)16/h3-6,9,11,13H,2,7-8H2,1H3,(H,17,19). The molecule has 1 aromatic carbocycles. The minimum absolute atomic E-state index is 0.0193. The van der Waals surface area contributed by atoms with Crippen molar-refractivity contribution in [2.45, 2.75) is 38.3 Å². The molecule has 1 saturated carbocycles. The fraction of sp³-hybridized carbons (Fsp3) is 0.467. The Kier molecular flexibility index (Phi) is 3.54. The van der Waals surface area contributed by atoms with E-state index in [2.05, 4.69) is 21.2 Å². The molecule has 1 heterocycles. The molecular formula is C15H17BrN2O2. The van der Waals surface area contributed by atoms with Crippen molar-refractivity contribution < 1.29 is 9.59 Å². The third-order valence-electron chi connectivity index (χ3n) is 4.01. The highest BCUT2D eigenvalue weighted by atomic mass is 79.9. The van der Waals surface area contributed by atoms with Gasteiger partial charge in [-0.1, -0.05) is 19.1 Å². The van der Waals surface area contributed by atoms with Crippen molar-refractivity contribution in [1.82, 2.24) is 5.32 Å². The molecule has 4 nitrogen and oxygen atoms in total. The normalized spacial score (nSPS) is 26.6. The molecule has 0 radical (unpaired) electrons. The Bertz CT molecular complexity index is 557. The van der Waals surface area contributed by atoms with Gasteiger partial charge in [-0.25, -0.2) is 0 Å². The summed E-state index contributed by atoms with van der Waals surface area (Å²) in [5.41, 5.74) is 0.782. The third kappa shape index (κ3) is 2.24. The van der Waals surface area contributed by atoms with Gasteiger partial charge in [0.15, 0.2) is 0 Å². The molecule has 5 heteroatoms. The Morgan fingerprint density at radius 2 is 2.00 bits per heavy atom. The van der Waals surface area contributed by atoms with Crippen LogP contribution in [0.3, 0.4) is 0 Å². The largest absolute Gasteiger partial charge is 0.342 e. The number of hydrogen-bond donors (Lipinski definition) is 1. The quantitative estimate of drug-likeness (QED) is 0.921. The van der Waals surface area contributed by atoms with E-state index in [1.165, 1.54) is 0 Å². The van der Waals surface area contributed by atoms with E-state index >= 15 is 0 Å². The van der Waals surface area contributed by atoms with Crippen molar-refractivity contribution in [3.63, 3.8) is 0 Å². The zero-order valence-electron chi connectivity index (χ0n) is 11.3. The van der Waals surface area contributed by atoms with E-state index in [1.54, 1.807) is 4.90 Å². The molecule has 0 aromatic heterocycles. The second-order valence-corrected chi connectivity index (χ2v) is 6.26. The van der Waals surface area contributed by atoms with Crippen LogP contribution >= 0.6 is 15.9 Å². The Balaban J connectivity index is 2.01. The molecule has 0 bridgehead atoms. The summed E-state index contributed by atoms with van der Waals surface area (Å²) in [6, 6.07) is 6.80. The van der Waals surface area contributed by atoms with Gasteiger partial charge in [-0.05, 0) is 53.2 Å². The van der Waals surface area contributed by atoms with Gasteiger partial charge in [-0.3, -0.25) is 14.5 Å². The molecule has 1 aliphatic heterocycles. The van der Waals surface area contributed by atoms with E-state index in [4.69, 9.17) is 0 Å². The molecule has 1 aromatic rings. The summed E-state index contributed by atoms with van der Waals surface area (Å²) < 4.78 is 0.844. The molecule has 1 saturated heterocycles. The lowest BCUT2D eigenvalue weighted by molar-refractivity contribution is -0.134. The van der Waals surface area contributed by atoms with Crippen LogP contribution in [0.1, 0.15) is 26.2 Å². The predicted octanol–water partition coefficient (Wildman–Crippen LogP) is 2.47. The smallest absolute Gasteiger partial charge is 0.250 e. The first kappa shape index (κ1) is 13.6. The maximum Gasteiger partial charge on any atom is 0.250 e. The summed E-state index contributed by atoms with van der Waals surface area (Å²) in [5.74, 6) is 0.292. The zero-order chi connectivity index (χ0) is 14.3. The molecule has 2 amide bonds. The van der Waals surface area contributed by atoms with E-state index in [0.29, 0.717) is 12.3 Å². The highest BCUT2D eigenvalue weighted by Gasteiger charge is 2.47. The molecule has 3 rings (SSSR count).